The van der Waals surface area contributed by atoms with Crippen LogP contribution in [0.25, 0.3) is 0 Å². The molecule has 0 spiro atoms. The second kappa shape index (κ2) is 11.8. The highest BCUT2D eigenvalue weighted by atomic mass is 35.5. The molecule has 0 aliphatic carbocycles. The Morgan fingerprint density at radius 1 is 1.00 bits per heavy atom. The van der Waals surface area contributed by atoms with Crippen molar-refractivity contribution in [2.24, 2.45) is 5.92 Å². The molecule has 0 saturated heterocycles. The lowest BCUT2D eigenvalue weighted by Crippen LogP contribution is -2.28. The number of methoxy groups -OCH3 is 2. The Morgan fingerprint density at radius 2 is 1.65 bits per heavy atom. The van der Waals surface area contributed by atoms with Gasteiger partial charge >= 0.3 is 18.0 Å². The summed E-state index contributed by atoms with van der Waals surface area (Å²) >= 11 is 5.83. The molecule has 1 amide bonds. The van der Waals surface area contributed by atoms with Crippen molar-refractivity contribution in [1.82, 2.24) is 0 Å². The van der Waals surface area contributed by atoms with Crippen molar-refractivity contribution in [2.75, 3.05) is 26.1 Å². The summed E-state index contributed by atoms with van der Waals surface area (Å²) in [6, 6.07) is 11.7. The number of carbonyl (C=O) groups is 3. The van der Waals surface area contributed by atoms with E-state index in [0.29, 0.717) is 34.2 Å². The van der Waals surface area contributed by atoms with E-state index in [-0.39, 0.29) is 13.0 Å². The van der Waals surface area contributed by atoms with Gasteiger partial charge in [-0.25, -0.2) is 4.79 Å². The van der Waals surface area contributed by atoms with Crippen LogP contribution in [0, 0.1) is 5.92 Å². The summed E-state index contributed by atoms with van der Waals surface area (Å²) in [5.41, 5.74) is 1.77. The number of rotatable bonds is 9. The van der Waals surface area contributed by atoms with Gasteiger partial charge < -0.3 is 18.9 Å². The fourth-order valence-corrected chi connectivity index (χ4v) is 2.91. The smallest absolute Gasteiger partial charge is 0.411 e. The lowest BCUT2D eigenvalue weighted by atomic mass is 9.97. The van der Waals surface area contributed by atoms with Gasteiger partial charge in [0, 0.05) is 16.3 Å². The monoisotopic (exact) mass is 449 g/mol. The molecule has 0 fully saturated rings. The molecule has 0 aromatic heterocycles. The summed E-state index contributed by atoms with van der Waals surface area (Å²) < 4.78 is 20.3. The van der Waals surface area contributed by atoms with Crippen molar-refractivity contribution >= 4 is 35.3 Å². The van der Waals surface area contributed by atoms with Gasteiger partial charge in [-0.3, -0.25) is 14.9 Å². The SMILES string of the molecule is CCOc1ccc(CC(C(=O)OC)C(=O)OC)cc1COC(=O)Nc1ccc(Cl)cc1. The number of carbonyl (C=O) groups excluding carboxylic acids is 3. The molecule has 2 aromatic carbocycles. The van der Waals surface area contributed by atoms with E-state index in [1.807, 2.05) is 6.92 Å². The van der Waals surface area contributed by atoms with Gasteiger partial charge in [0.25, 0.3) is 0 Å². The van der Waals surface area contributed by atoms with Crippen molar-refractivity contribution in [3.63, 3.8) is 0 Å². The molecule has 0 saturated carbocycles. The molecule has 0 aliphatic heterocycles. The Morgan fingerprint density at radius 3 is 2.23 bits per heavy atom. The van der Waals surface area contributed by atoms with Gasteiger partial charge in [-0.05, 0) is 55.3 Å². The maximum absolute atomic E-state index is 12.1. The van der Waals surface area contributed by atoms with Gasteiger partial charge in [0.15, 0.2) is 5.92 Å². The number of amides is 1. The van der Waals surface area contributed by atoms with E-state index in [1.54, 1.807) is 42.5 Å². The number of hydrogen-bond donors (Lipinski definition) is 1. The normalized spacial score (nSPS) is 10.4. The van der Waals surface area contributed by atoms with Gasteiger partial charge in [0.2, 0.25) is 0 Å². The molecule has 0 unspecified atom stereocenters. The number of halogens is 1. The largest absolute Gasteiger partial charge is 0.493 e. The number of benzene rings is 2. The summed E-state index contributed by atoms with van der Waals surface area (Å²) in [5, 5.41) is 3.15. The zero-order valence-electron chi connectivity index (χ0n) is 17.5. The van der Waals surface area contributed by atoms with Crippen LogP contribution in [0.2, 0.25) is 5.02 Å². The molecule has 0 bridgehead atoms. The Labute approximate surface area is 185 Å². The summed E-state index contributed by atoms with van der Waals surface area (Å²) in [7, 11) is 2.41. The molecular weight excluding hydrogens is 426 g/mol. The maximum Gasteiger partial charge on any atom is 0.411 e. The Kier molecular flexibility index (Phi) is 9.14. The fraction of sp³-hybridized carbons (Fsp3) is 0.318. The third kappa shape index (κ3) is 7.18. The van der Waals surface area contributed by atoms with Crippen LogP contribution < -0.4 is 10.1 Å². The second-order valence-electron chi connectivity index (χ2n) is 6.39. The molecule has 1 N–H and O–H groups in total. The maximum atomic E-state index is 12.1. The standard InChI is InChI=1S/C22H24ClNO7/c1-4-30-19-10-5-14(12-18(20(25)28-2)21(26)29-3)11-15(19)13-31-22(27)24-17-8-6-16(23)7-9-17/h5-11,18H,4,12-13H2,1-3H3,(H,24,27). The van der Waals surface area contributed by atoms with Crippen LogP contribution >= 0.6 is 11.6 Å². The van der Waals surface area contributed by atoms with Crippen molar-refractivity contribution in [2.45, 2.75) is 20.0 Å². The zero-order chi connectivity index (χ0) is 22.8. The zero-order valence-corrected chi connectivity index (χ0v) is 18.2. The number of ether oxygens (including phenoxy) is 4. The summed E-state index contributed by atoms with van der Waals surface area (Å²) in [6.45, 7) is 2.16. The van der Waals surface area contributed by atoms with Crippen LogP contribution in [0.3, 0.4) is 0 Å². The lowest BCUT2D eigenvalue weighted by molar-refractivity contribution is -0.158. The van der Waals surface area contributed by atoms with E-state index in [4.69, 9.17) is 30.5 Å². The van der Waals surface area contributed by atoms with Crippen LogP contribution in [0.15, 0.2) is 42.5 Å². The minimum Gasteiger partial charge on any atom is -0.493 e. The number of nitrogens with one attached hydrogen (secondary N) is 1. The predicted molar refractivity (Wildman–Crippen MR) is 114 cm³/mol. The lowest BCUT2D eigenvalue weighted by Gasteiger charge is -2.15. The highest BCUT2D eigenvalue weighted by Gasteiger charge is 2.29. The third-order valence-corrected chi connectivity index (χ3v) is 4.54. The van der Waals surface area contributed by atoms with Crippen LogP contribution in [-0.2, 0) is 36.8 Å². The average molecular weight is 450 g/mol. The quantitative estimate of drug-likeness (QED) is 0.351. The van der Waals surface area contributed by atoms with Crippen LogP contribution in [0.1, 0.15) is 18.1 Å². The van der Waals surface area contributed by atoms with Crippen molar-refractivity contribution < 1.29 is 33.3 Å². The highest BCUT2D eigenvalue weighted by molar-refractivity contribution is 6.30. The van der Waals surface area contributed by atoms with Crippen molar-refractivity contribution in [3.05, 3.63) is 58.6 Å². The molecule has 9 heteroatoms. The molecule has 0 atom stereocenters. The predicted octanol–water partition coefficient (Wildman–Crippen LogP) is 3.99. The first-order valence-electron chi connectivity index (χ1n) is 9.47. The average Bonchev–Trinajstić information content (AvgIpc) is 2.78. The fourth-order valence-electron chi connectivity index (χ4n) is 2.78. The van der Waals surface area contributed by atoms with Gasteiger partial charge in [0.05, 0.1) is 20.8 Å². The topological polar surface area (TPSA) is 100 Å². The third-order valence-electron chi connectivity index (χ3n) is 4.29. The molecule has 8 nitrogen and oxygen atoms in total. The molecule has 0 heterocycles. The first-order chi connectivity index (χ1) is 14.9. The minimum absolute atomic E-state index is 0.0652. The summed E-state index contributed by atoms with van der Waals surface area (Å²) in [5.74, 6) is -1.96. The van der Waals surface area contributed by atoms with Gasteiger partial charge in [-0.15, -0.1) is 0 Å². The number of hydrogen-bond acceptors (Lipinski definition) is 7. The first-order valence-corrected chi connectivity index (χ1v) is 9.85. The molecule has 2 rings (SSSR count). The number of anilines is 1. The number of esters is 2. The Balaban J connectivity index is 2.13. The Hall–Kier alpha value is -3.26. The second-order valence-corrected chi connectivity index (χ2v) is 6.82. The van der Waals surface area contributed by atoms with E-state index in [1.165, 1.54) is 14.2 Å². The van der Waals surface area contributed by atoms with Crippen LogP contribution in [0.4, 0.5) is 10.5 Å². The molecule has 0 aliphatic rings. The molecule has 166 valence electrons. The van der Waals surface area contributed by atoms with E-state index < -0.39 is 23.9 Å². The van der Waals surface area contributed by atoms with Gasteiger partial charge in [0.1, 0.15) is 12.4 Å². The van der Waals surface area contributed by atoms with E-state index in [9.17, 15) is 14.4 Å². The summed E-state index contributed by atoms with van der Waals surface area (Å²) in [6.07, 6.45) is -0.590. The van der Waals surface area contributed by atoms with Crippen LogP contribution in [0.5, 0.6) is 5.75 Å². The van der Waals surface area contributed by atoms with Crippen molar-refractivity contribution in [1.29, 1.82) is 0 Å². The van der Waals surface area contributed by atoms with Gasteiger partial charge in [-0.1, -0.05) is 17.7 Å². The molecule has 31 heavy (non-hydrogen) atoms. The molecule has 2 aromatic rings. The molecular formula is C22H24ClNO7. The van der Waals surface area contributed by atoms with Crippen LogP contribution in [-0.4, -0.2) is 38.9 Å². The Bertz CT molecular complexity index is 899. The highest BCUT2D eigenvalue weighted by Crippen LogP contribution is 2.24. The van der Waals surface area contributed by atoms with E-state index in [0.717, 1.165) is 0 Å². The van der Waals surface area contributed by atoms with E-state index >= 15 is 0 Å². The van der Waals surface area contributed by atoms with Crippen molar-refractivity contribution in [3.8, 4) is 5.75 Å². The van der Waals surface area contributed by atoms with Gasteiger partial charge in [-0.2, -0.15) is 0 Å². The summed E-state index contributed by atoms with van der Waals surface area (Å²) in [4.78, 5) is 36.0. The molecule has 0 radical (unpaired) electrons. The van der Waals surface area contributed by atoms with E-state index in [2.05, 4.69) is 5.32 Å². The minimum atomic E-state index is -1.10. The first kappa shape index (κ1) is 24.0.